The molecule has 2 N–H and O–H groups in total. The standard InChI is InChI=1S/C18H32O2.C4H8O2/c1-2-3-4-5-6-7-8-9-10-11-12-13-14-15-16-17-18(19)20;1-2-3-4(5)6/h14-17H,2-13H2,1H3,(H,19,20);2-3H2,1H3,(H,5,6)/b15-14+,17-16+;. The maximum absolute atomic E-state index is 10.2. The van der Waals surface area contributed by atoms with Crippen LogP contribution in [0.25, 0.3) is 0 Å². The minimum Gasteiger partial charge on any atom is -0.481 e. The Morgan fingerprint density at radius 1 is 0.692 bits per heavy atom. The highest BCUT2D eigenvalue weighted by Crippen LogP contribution is 2.11. The number of carboxylic acid groups (broad SMARTS) is 2. The van der Waals surface area contributed by atoms with Gasteiger partial charge in [-0.3, -0.25) is 4.79 Å². The van der Waals surface area contributed by atoms with Gasteiger partial charge >= 0.3 is 11.9 Å². The molecule has 0 aromatic carbocycles. The summed E-state index contributed by atoms with van der Waals surface area (Å²) in [5.74, 6) is -1.60. The van der Waals surface area contributed by atoms with Crippen LogP contribution in [0, 0.1) is 0 Å². The van der Waals surface area contributed by atoms with Gasteiger partial charge in [0.2, 0.25) is 0 Å². The number of carbonyl (C=O) groups is 2. The van der Waals surface area contributed by atoms with Crippen molar-refractivity contribution in [1.82, 2.24) is 0 Å². The lowest BCUT2D eigenvalue weighted by Gasteiger charge is -2.01. The lowest BCUT2D eigenvalue weighted by molar-refractivity contribution is -0.137. The van der Waals surface area contributed by atoms with E-state index in [1.807, 2.05) is 19.1 Å². The van der Waals surface area contributed by atoms with Crippen molar-refractivity contribution in [3.05, 3.63) is 24.3 Å². The fraction of sp³-hybridized carbons (Fsp3) is 0.727. The van der Waals surface area contributed by atoms with E-state index in [-0.39, 0.29) is 0 Å². The van der Waals surface area contributed by atoms with Crippen LogP contribution in [0.15, 0.2) is 24.3 Å². The van der Waals surface area contributed by atoms with Gasteiger partial charge in [-0.25, -0.2) is 4.79 Å². The first-order valence-electron chi connectivity index (χ1n) is 10.3. The van der Waals surface area contributed by atoms with Crippen LogP contribution < -0.4 is 0 Å². The molecule has 0 saturated carbocycles. The van der Waals surface area contributed by atoms with E-state index in [1.54, 1.807) is 6.08 Å². The van der Waals surface area contributed by atoms with Crippen LogP contribution in [-0.2, 0) is 9.59 Å². The summed E-state index contributed by atoms with van der Waals surface area (Å²) in [5, 5.41) is 16.3. The fourth-order valence-electron chi connectivity index (χ4n) is 2.45. The normalized spacial score (nSPS) is 10.8. The summed E-state index contributed by atoms with van der Waals surface area (Å²) in [6.07, 6.45) is 23.7. The summed E-state index contributed by atoms with van der Waals surface area (Å²) >= 11 is 0. The summed E-state index contributed by atoms with van der Waals surface area (Å²) in [4.78, 5) is 19.8. The lowest BCUT2D eigenvalue weighted by Crippen LogP contribution is -1.90. The van der Waals surface area contributed by atoms with Crippen molar-refractivity contribution in [1.29, 1.82) is 0 Å². The number of carboxylic acids is 2. The molecule has 4 nitrogen and oxygen atoms in total. The van der Waals surface area contributed by atoms with Gasteiger partial charge in [-0.15, -0.1) is 0 Å². The van der Waals surface area contributed by atoms with E-state index in [0.717, 1.165) is 18.9 Å². The molecule has 4 heteroatoms. The first-order valence-corrected chi connectivity index (χ1v) is 10.3. The molecule has 0 rings (SSSR count). The summed E-state index contributed by atoms with van der Waals surface area (Å²) < 4.78 is 0. The van der Waals surface area contributed by atoms with E-state index in [9.17, 15) is 9.59 Å². The minimum absolute atomic E-state index is 0.292. The van der Waals surface area contributed by atoms with Gasteiger partial charge in [-0.1, -0.05) is 96.3 Å². The van der Waals surface area contributed by atoms with Gasteiger partial charge < -0.3 is 10.2 Å². The molecule has 0 aliphatic carbocycles. The molecule has 0 aromatic heterocycles. The Kier molecular flexibility index (Phi) is 24.0. The molecular formula is C22H40O4. The summed E-state index contributed by atoms with van der Waals surface area (Å²) in [5.41, 5.74) is 0. The zero-order chi connectivity index (χ0) is 19.9. The monoisotopic (exact) mass is 368 g/mol. The Balaban J connectivity index is 0. The van der Waals surface area contributed by atoms with Crippen LogP contribution in [0.1, 0.15) is 104 Å². The highest BCUT2D eigenvalue weighted by Gasteiger charge is 1.92. The fourth-order valence-corrected chi connectivity index (χ4v) is 2.45. The first-order chi connectivity index (χ1) is 12.5. The summed E-state index contributed by atoms with van der Waals surface area (Å²) in [7, 11) is 0. The van der Waals surface area contributed by atoms with Crippen LogP contribution in [0.5, 0.6) is 0 Å². The molecule has 0 bridgehead atoms. The van der Waals surface area contributed by atoms with E-state index in [1.165, 1.54) is 70.6 Å². The van der Waals surface area contributed by atoms with Crippen molar-refractivity contribution in [3.63, 3.8) is 0 Å². The molecule has 0 amide bonds. The second kappa shape index (κ2) is 23.4. The van der Waals surface area contributed by atoms with Gasteiger partial charge in [0.1, 0.15) is 0 Å². The third-order valence-corrected chi connectivity index (χ3v) is 3.92. The van der Waals surface area contributed by atoms with Crippen LogP contribution in [0.4, 0.5) is 0 Å². The van der Waals surface area contributed by atoms with Crippen LogP contribution in [0.2, 0.25) is 0 Å². The molecule has 26 heavy (non-hydrogen) atoms. The molecule has 0 aromatic rings. The van der Waals surface area contributed by atoms with Crippen molar-refractivity contribution >= 4 is 11.9 Å². The Bertz CT molecular complexity index is 372. The number of allylic oxidation sites excluding steroid dienone is 3. The van der Waals surface area contributed by atoms with Gasteiger partial charge in [0.25, 0.3) is 0 Å². The molecule has 0 radical (unpaired) electrons. The van der Waals surface area contributed by atoms with E-state index in [0.29, 0.717) is 6.42 Å². The minimum atomic E-state index is -0.885. The number of rotatable bonds is 16. The maximum Gasteiger partial charge on any atom is 0.328 e. The Hall–Kier alpha value is -1.58. The van der Waals surface area contributed by atoms with E-state index < -0.39 is 11.9 Å². The van der Waals surface area contributed by atoms with Crippen LogP contribution >= 0.6 is 0 Å². The lowest BCUT2D eigenvalue weighted by atomic mass is 10.1. The number of hydrogen-bond donors (Lipinski definition) is 2. The summed E-state index contributed by atoms with van der Waals surface area (Å²) in [6, 6.07) is 0. The van der Waals surface area contributed by atoms with Gasteiger partial charge in [0.05, 0.1) is 0 Å². The largest absolute Gasteiger partial charge is 0.481 e. The van der Waals surface area contributed by atoms with Gasteiger partial charge in [0, 0.05) is 12.5 Å². The Labute approximate surface area is 160 Å². The molecule has 152 valence electrons. The van der Waals surface area contributed by atoms with Crippen molar-refractivity contribution in [2.75, 3.05) is 0 Å². The molecular weight excluding hydrogens is 328 g/mol. The number of aliphatic carboxylic acids is 2. The predicted molar refractivity (Wildman–Crippen MR) is 110 cm³/mol. The van der Waals surface area contributed by atoms with Crippen LogP contribution in [0.3, 0.4) is 0 Å². The number of unbranched alkanes of at least 4 members (excludes halogenated alkanes) is 11. The van der Waals surface area contributed by atoms with Crippen molar-refractivity contribution in [2.45, 2.75) is 104 Å². The smallest absolute Gasteiger partial charge is 0.328 e. The van der Waals surface area contributed by atoms with Gasteiger partial charge in [-0.2, -0.15) is 0 Å². The Morgan fingerprint density at radius 2 is 1.19 bits per heavy atom. The second-order valence-corrected chi connectivity index (χ2v) is 6.59. The molecule has 0 aliphatic rings. The quantitative estimate of drug-likeness (QED) is 0.179. The molecule has 0 spiro atoms. The molecule has 0 heterocycles. The van der Waals surface area contributed by atoms with Crippen molar-refractivity contribution < 1.29 is 19.8 Å². The molecule has 0 fully saturated rings. The third-order valence-electron chi connectivity index (χ3n) is 3.92. The summed E-state index contributed by atoms with van der Waals surface area (Å²) in [6.45, 7) is 4.10. The second-order valence-electron chi connectivity index (χ2n) is 6.59. The highest BCUT2D eigenvalue weighted by molar-refractivity contribution is 5.80. The molecule has 0 unspecified atom stereocenters. The van der Waals surface area contributed by atoms with E-state index >= 15 is 0 Å². The average molecular weight is 369 g/mol. The van der Waals surface area contributed by atoms with Gasteiger partial charge in [-0.05, 0) is 19.3 Å². The molecule has 0 atom stereocenters. The number of hydrogen-bond acceptors (Lipinski definition) is 2. The topological polar surface area (TPSA) is 74.6 Å². The van der Waals surface area contributed by atoms with E-state index in [2.05, 4.69) is 6.92 Å². The zero-order valence-corrected chi connectivity index (χ0v) is 16.9. The first kappa shape index (κ1) is 26.6. The van der Waals surface area contributed by atoms with Crippen molar-refractivity contribution in [3.8, 4) is 0 Å². The van der Waals surface area contributed by atoms with Crippen molar-refractivity contribution in [2.24, 2.45) is 0 Å². The third kappa shape index (κ3) is 30.3. The molecule has 0 aliphatic heterocycles. The van der Waals surface area contributed by atoms with E-state index in [4.69, 9.17) is 10.2 Å². The Morgan fingerprint density at radius 3 is 1.58 bits per heavy atom. The van der Waals surface area contributed by atoms with Crippen LogP contribution in [-0.4, -0.2) is 22.2 Å². The van der Waals surface area contributed by atoms with Gasteiger partial charge in [0.15, 0.2) is 0 Å². The predicted octanol–water partition coefficient (Wildman–Crippen LogP) is 6.76. The average Bonchev–Trinajstić information content (AvgIpc) is 2.58. The molecule has 0 saturated heterocycles. The SMILES string of the molecule is CCCC(=O)O.CCCCCCCCCCCCC/C=C/C=C/C(=O)O. The zero-order valence-electron chi connectivity index (χ0n) is 16.9. The highest BCUT2D eigenvalue weighted by atomic mass is 16.4. The maximum atomic E-state index is 10.2.